The largest absolute Gasteiger partial charge is 0.466 e. The van der Waals surface area contributed by atoms with Crippen LogP contribution >= 0.6 is 0 Å². The molecule has 1 aliphatic heterocycles. The third kappa shape index (κ3) is 2.95. The van der Waals surface area contributed by atoms with E-state index in [-0.39, 0.29) is 5.91 Å². The molecule has 3 rings (SSSR count). The molecule has 1 aliphatic rings. The van der Waals surface area contributed by atoms with E-state index in [0.717, 1.165) is 37.8 Å². The van der Waals surface area contributed by atoms with E-state index in [2.05, 4.69) is 14.9 Å². The van der Waals surface area contributed by atoms with Crippen LogP contribution in [-0.2, 0) is 0 Å². The van der Waals surface area contributed by atoms with Gasteiger partial charge in [0.05, 0.1) is 5.56 Å². The minimum atomic E-state index is 0.0465. The van der Waals surface area contributed by atoms with E-state index >= 15 is 0 Å². The number of rotatable bonds is 2. The number of aryl methyl sites for hydroxylation is 2. The van der Waals surface area contributed by atoms with E-state index in [1.807, 2.05) is 24.8 Å². The first-order valence-corrected chi connectivity index (χ1v) is 7.53. The Labute approximate surface area is 129 Å². The molecule has 2 aromatic heterocycles. The Morgan fingerprint density at radius 2 is 1.91 bits per heavy atom. The fraction of sp³-hybridized carbons (Fsp3) is 0.438. The van der Waals surface area contributed by atoms with E-state index in [1.165, 1.54) is 0 Å². The zero-order valence-electron chi connectivity index (χ0n) is 13.0. The van der Waals surface area contributed by atoms with E-state index in [1.54, 1.807) is 18.5 Å². The molecule has 0 aliphatic carbocycles. The first kappa shape index (κ1) is 14.6. The molecule has 0 unspecified atom stereocenters. The van der Waals surface area contributed by atoms with Gasteiger partial charge in [0, 0.05) is 38.6 Å². The van der Waals surface area contributed by atoms with E-state index in [4.69, 9.17) is 4.42 Å². The van der Waals surface area contributed by atoms with Gasteiger partial charge in [0.25, 0.3) is 5.91 Å². The summed E-state index contributed by atoms with van der Waals surface area (Å²) in [6.45, 7) is 6.71. The van der Waals surface area contributed by atoms with Crippen LogP contribution in [0.5, 0.6) is 0 Å². The molecule has 0 N–H and O–H groups in total. The monoisotopic (exact) mass is 300 g/mol. The number of aromatic nitrogens is 2. The third-order valence-electron chi connectivity index (χ3n) is 3.89. The van der Waals surface area contributed by atoms with Crippen LogP contribution in [0.25, 0.3) is 0 Å². The second kappa shape index (κ2) is 6.17. The maximum Gasteiger partial charge on any atom is 0.257 e. The maximum absolute atomic E-state index is 12.6. The number of furan rings is 1. The van der Waals surface area contributed by atoms with E-state index in [0.29, 0.717) is 17.9 Å². The molecule has 0 atom stereocenters. The standard InChI is InChI=1S/C16H20N4O2/c1-12-11-14(13(2)22-12)15(21)19-7-4-8-20(10-9-19)16-17-5-3-6-18-16/h3,5-6,11H,4,7-10H2,1-2H3. The highest BCUT2D eigenvalue weighted by Gasteiger charge is 2.23. The number of nitrogens with zero attached hydrogens (tertiary/aromatic N) is 4. The van der Waals surface area contributed by atoms with Crippen molar-refractivity contribution in [1.82, 2.24) is 14.9 Å². The molecule has 2 aromatic rings. The molecule has 0 spiro atoms. The van der Waals surface area contributed by atoms with Gasteiger partial charge in [0.15, 0.2) is 0 Å². The van der Waals surface area contributed by atoms with Gasteiger partial charge in [-0.05, 0) is 32.4 Å². The lowest BCUT2D eigenvalue weighted by Gasteiger charge is -2.21. The van der Waals surface area contributed by atoms with Crippen LogP contribution in [0, 0.1) is 13.8 Å². The Hall–Kier alpha value is -2.37. The van der Waals surface area contributed by atoms with Crippen molar-refractivity contribution in [2.75, 3.05) is 31.1 Å². The molecule has 22 heavy (non-hydrogen) atoms. The molecule has 1 saturated heterocycles. The van der Waals surface area contributed by atoms with Crippen LogP contribution in [0.2, 0.25) is 0 Å². The summed E-state index contributed by atoms with van der Waals surface area (Å²) >= 11 is 0. The van der Waals surface area contributed by atoms with Crippen molar-refractivity contribution in [3.8, 4) is 0 Å². The molecule has 0 radical (unpaired) electrons. The Kier molecular flexibility index (Phi) is 4.09. The fourth-order valence-corrected chi connectivity index (χ4v) is 2.79. The van der Waals surface area contributed by atoms with Gasteiger partial charge in [0.2, 0.25) is 5.95 Å². The van der Waals surface area contributed by atoms with Crippen molar-refractivity contribution in [1.29, 1.82) is 0 Å². The molecular formula is C16H20N4O2. The molecule has 0 bridgehead atoms. The molecule has 6 nitrogen and oxygen atoms in total. The molecule has 0 aromatic carbocycles. The number of hydrogen-bond acceptors (Lipinski definition) is 5. The van der Waals surface area contributed by atoms with Crippen molar-refractivity contribution < 1.29 is 9.21 Å². The van der Waals surface area contributed by atoms with Crippen LogP contribution in [0.1, 0.15) is 28.3 Å². The Morgan fingerprint density at radius 3 is 2.59 bits per heavy atom. The quantitative estimate of drug-likeness (QED) is 0.849. The zero-order valence-corrected chi connectivity index (χ0v) is 13.0. The van der Waals surface area contributed by atoms with Gasteiger partial charge < -0.3 is 14.2 Å². The SMILES string of the molecule is Cc1cc(C(=O)N2CCCN(c3ncccn3)CC2)c(C)o1. The van der Waals surface area contributed by atoms with Crippen LogP contribution in [0.3, 0.4) is 0 Å². The first-order valence-electron chi connectivity index (χ1n) is 7.53. The van der Waals surface area contributed by atoms with Crippen LogP contribution in [0.15, 0.2) is 28.9 Å². The predicted octanol–water partition coefficient (Wildman–Crippen LogP) is 2.04. The summed E-state index contributed by atoms with van der Waals surface area (Å²) in [6, 6.07) is 3.63. The summed E-state index contributed by atoms with van der Waals surface area (Å²) in [5, 5.41) is 0. The van der Waals surface area contributed by atoms with E-state index in [9.17, 15) is 4.79 Å². The lowest BCUT2D eigenvalue weighted by atomic mass is 10.2. The predicted molar refractivity (Wildman–Crippen MR) is 82.9 cm³/mol. The van der Waals surface area contributed by atoms with E-state index < -0.39 is 0 Å². The second-order valence-electron chi connectivity index (χ2n) is 5.51. The van der Waals surface area contributed by atoms with Gasteiger partial charge in [-0.1, -0.05) is 0 Å². The van der Waals surface area contributed by atoms with Gasteiger partial charge in [-0.2, -0.15) is 0 Å². The average molecular weight is 300 g/mol. The summed E-state index contributed by atoms with van der Waals surface area (Å²) in [7, 11) is 0. The number of anilines is 1. The zero-order chi connectivity index (χ0) is 15.5. The molecule has 0 saturated carbocycles. The molecule has 116 valence electrons. The Balaban J connectivity index is 1.70. The lowest BCUT2D eigenvalue weighted by Crippen LogP contribution is -2.35. The minimum absolute atomic E-state index is 0.0465. The molecular weight excluding hydrogens is 280 g/mol. The summed E-state index contributed by atoms with van der Waals surface area (Å²) in [4.78, 5) is 25.2. The average Bonchev–Trinajstić information content (AvgIpc) is 2.74. The smallest absolute Gasteiger partial charge is 0.257 e. The molecule has 1 amide bonds. The fourth-order valence-electron chi connectivity index (χ4n) is 2.79. The Bertz CT molecular complexity index is 653. The van der Waals surface area contributed by atoms with Gasteiger partial charge in [-0.25, -0.2) is 9.97 Å². The molecule has 6 heteroatoms. The van der Waals surface area contributed by atoms with Crippen molar-refractivity contribution in [2.45, 2.75) is 20.3 Å². The van der Waals surface area contributed by atoms with Crippen molar-refractivity contribution >= 4 is 11.9 Å². The van der Waals surface area contributed by atoms with Gasteiger partial charge in [-0.15, -0.1) is 0 Å². The van der Waals surface area contributed by atoms with Crippen molar-refractivity contribution in [2.24, 2.45) is 0 Å². The summed E-state index contributed by atoms with van der Waals surface area (Å²) in [5.41, 5.74) is 0.668. The van der Waals surface area contributed by atoms with Crippen LogP contribution in [-0.4, -0.2) is 47.0 Å². The maximum atomic E-state index is 12.6. The van der Waals surface area contributed by atoms with Crippen LogP contribution in [0.4, 0.5) is 5.95 Å². The third-order valence-corrected chi connectivity index (χ3v) is 3.89. The summed E-state index contributed by atoms with van der Waals surface area (Å²) in [5.74, 6) is 2.24. The van der Waals surface area contributed by atoms with Gasteiger partial charge >= 0.3 is 0 Å². The summed E-state index contributed by atoms with van der Waals surface area (Å²) in [6.07, 6.45) is 4.39. The van der Waals surface area contributed by atoms with Crippen molar-refractivity contribution in [3.05, 3.63) is 41.6 Å². The van der Waals surface area contributed by atoms with Gasteiger partial charge in [0.1, 0.15) is 11.5 Å². The highest BCUT2D eigenvalue weighted by Crippen LogP contribution is 2.18. The molecule has 1 fully saturated rings. The highest BCUT2D eigenvalue weighted by molar-refractivity contribution is 5.95. The van der Waals surface area contributed by atoms with Crippen molar-refractivity contribution in [3.63, 3.8) is 0 Å². The number of carbonyl (C=O) groups excluding carboxylic acids is 1. The Morgan fingerprint density at radius 1 is 1.14 bits per heavy atom. The highest BCUT2D eigenvalue weighted by atomic mass is 16.3. The van der Waals surface area contributed by atoms with Crippen LogP contribution < -0.4 is 4.90 Å². The number of amides is 1. The first-order chi connectivity index (χ1) is 10.6. The lowest BCUT2D eigenvalue weighted by molar-refractivity contribution is 0.0765. The number of hydrogen-bond donors (Lipinski definition) is 0. The normalized spacial score (nSPS) is 15.7. The minimum Gasteiger partial charge on any atom is -0.466 e. The number of carbonyl (C=O) groups is 1. The van der Waals surface area contributed by atoms with Gasteiger partial charge in [-0.3, -0.25) is 4.79 Å². The molecule has 3 heterocycles. The summed E-state index contributed by atoms with van der Waals surface area (Å²) < 4.78 is 5.47. The second-order valence-corrected chi connectivity index (χ2v) is 5.51. The topological polar surface area (TPSA) is 62.5 Å².